The molecule has 4 rings (SSSR count). The summed E-state index contributed by atoms with van der Waals surface area (Å²) in [6.45, 7) is 3.90. The van der Waals surface area contributed by atoms with Gasteiger partial charge < -0.3 is 4.74 Å². The third-order valence-electron chi connectivity index (χ3n) is 5.13. The van der Waals surface area contributed by atoms with Crippen molar-refractivity contribution in [1.82, 2.24) is 0 Å². The van der Waals surface area contributed by atoms with Crippen LogP contribution < -0.4 is 4.74 Å². The second-order valence-corrected chi connectivity index (χ2v) is 8.96. The predicted molar refractivity (Wildman–Crippen MR) is 109 cm³/mol. The van der Waals surface area contributed by atoms with E-state index in [0.29, 0.717) is 17.7 Å². The predicted octanol–water partition coefficient (Wildman–Crippen LogP) is 5.12. The zero-order chi connectivity index (χ0) is 20.8. The van der Waals surface area contributed by atoms with E-state index in [1.165, 1.54) is 12.1 Å². The second-order valence-electron chi connectivity index (χ2n) is 7.28. The molecule has 150 valence electrons. The first-order valence-electron chi connectivity index (χ1n) is 9.26. The highest BCUT2D eigenvalue weighted by molar-refractivity contribution is 7.86. The van der Waals surface area contributed by atoms with Crippen molar-refractivity contribution in [2.75, 3.05) is 7.11 Å². The number of halogens is 1. The lowest BCUT2D eigenvalue weighted by Gasteiger charge is -2.17. The van der Waals surface area contributed by atoms with E-state index < -0.39 is 16.2 Å². The van der Waals surface area contributed by atoms with Gasteiger partial charge in [-0.2, -0.15) is 8.42 Å². The Morgan fingerprint density at radius 3 is 2.41 bits per heavy atom. The van der Waals surface area contributed by atoms with E-state index in [2.05, 4.69) is 0 Å². The maximum Gasteiger partial charge on any atom is 0.297 e. The maximum atomic E-state index is 13.4. The van der Waals surface area contributed by atoms with E-state index in [1.807, 2.05) is 32.0 Å². The molecule has 0 saturated heterocycles. The molecular weight excluding hydrogens is 391 g/mol. The molecule has 0 amide bonds. The van der Waals surface area contributed by atoms with Crippen LogP contribution in [0.1, 0.15) is 28.4 Å². The zero-order valence-electron chi connectivity index (χ0n) is 16.4. The normalized spacial score (nSPS) is 15.8. The van der Waals surface area contributed by atoms with E-state index in [4.69, 9.17) is 8.92 Å². The van der Waals surface area contributed by atoms with Gasteiger partial charge in [0, 0.05) is 17.5 Å². The average molecular weight is 412 g/mol. The van der Waals surface area contributed by atoms with Gasteiger partial charge in [-0.15, -0.1) is 0 Å². The van der Waals surface area contributed by atoms with Crippen molar-refractivity contribution >= 4 is 10.1 Å². The molecule has 0 saturated carbocycles. The van der Waals surface area contributed by atoms with Crippen LogP contribution in [0.25, 0.3) is 11.1 Å². The van der Waals surface area contributed by atoms with Gasteiger partial charge in [-0.3, -0.25) is 4.18 Å². The molecule has 0 fully saturated rings. The van der Waals surface area contributed by atoms with Crippen molar-refractivity contribution < 1.29 is 21.7 Å². The fraction of sp³-hybridized carbons (Fsp3) is 0.217. The Labute approximate surface area is 170 Å². The molecule has 1 atom stereocenters. The average Bonchev–Trinajstić information content (AvgIpc) is 3.11. The Morgan fingerprint density at radius 1 is 1.00 bits per heavy atom. The van der Waals surface area contributed by atoms with Gasteiger partial charge in [0.2, 0.25) is 0 Å². The van der Waals surface area contributed by atoms with Crippen LogP contribution >= 0.6 is 0 Å². The molecule has 0 aliphatic carbocycles. The number of ether oxygens (including phenoxy) is 1. The Hall–Kier alpha value is -2.70. The number of benzene rings is 3. The first kappa shape index (κ1) is 19.6. The molecule has 4 nitrogen and oxygen atoms in total. The summed E-state index contributed by atoms with van der Waals surface area (Å²) < 4.78 is 49.2. The molecule has 0 N–H and O–H groups in total. The summed E-state index contributed by atoms with van der Waals surface area (Å²) in [5.41, 5.74) is 5.28. The molecule has 29 heavy (non-hydrogen) atoms. The number of aryl methyl sites for hydroxylation is 2. The Bertz CT molecular complexity index is 1180. The minimum Gasteiger partial charge on any atom is -0.484 e. The van der Waals surface area contributed by atoms with E-state index in [0.717, 1.165) is 34.9 Å². The standard InChI is InChI=1S/C23H21FO4S/c1-14-4-9-22(29(25,26)27-3)20(11-14)21-13-17-10-15(2)12-19(23(17)28-21)16-5-7-18(24)8-6-16/h4-12,21H,13H2,1-3H3. The molecule has 1 heterocycles. The minimum absolute atomic E-state index is 0.114. The van der Waals surface area contributed by atoms with Gasteiger partial charge in [0.1, 0.15) is 22.6 Å². The van der Waals surface area contributed by atoms with Crippen LogP contribution in [0.15, 0.2) is 59.5 Å². The van der Waals surface area contributed by atoms with Crippen LogP contribution in [0, 0.1) is 19.7 Å². The maximum absolute atomic E-state index is 13.4. The lowest BCUT2D eigenvalue weighted by molar-refractivity contribution is 0.235. The highest BCUT2D eigenvalue weighted by Gasteiger charge is 2.32. The topological polar surface area (TPSA) is 52.6 Å². The molecular formula is C23H21FO4S. The summed E-state index contributed by atoms with van der Waals surface area (Å²) in [6.07, 6.45) is 0.0896. The van der Waals surface area contributed by atoms with Crippen molar-refractivity contribution in [1.29, 1.82) is 0 Å². The van der Waals surface area contributed by atoms with Gasteiger partial charge in [0.15, 0.2) is 0 Å². The van der Waals surface area contributed by atoms with Gasteiger partial charge in [-0.05, 0) is 54.8 Å². The van der Waals surface area contributed by atoms with Gasteiger partial charge in [-0.1, -0.05) is 35.9 Å². The smallest absolute Gasteiger partial charge is 0.297 e. The lowest BCUT2D eigenvalue weighted by atomic mass is 9.96. The van der Waals surface area contributed by atoms with Crippen LogP contribution in [0.3, 0.4) is 0 Å². The van der Waals surface area contributed by atoms with Gasteiger partial charge >= 0.3 is 0 Å². The molecule has 0 aromatic heterocycles. The molecule has 6 heteroatoms. The third kappa shape index (κ3) is 3.66. The number of rotatable bonds is 4. The van der Waals surface area contributed by atoms with Crippen molar-refractivity contribution in [2.45, 2.75) is 31.3 Å². The first-order chi connectivity index (χ1) is 13.8. The third-order valence-corrected chi connectivity index (χ3v) is 6.48. The summed E-state index contributed by atoms with van der Waals surface area (Å²) >= 11 is 0. The van der Waals surface area contributed by atoms with Crippen molar-refractivity contribution in [3.63, 3.8) is 0 Å². The lowest BCUT2D eigenvalue weighted by Crippen LogP contribution is -2.12. The van der Waals surface area contributed by atoms with E-state index >= 15 is 0 Å². The van der Waals surface area contributed by atoms with Crippen LogP contribution in [-0.2, 0) is 20.7 Å². The van der Waals surface area contributed by atoms with Crippen molar-refractivity contribution in [3.8, 4) is 16.9 Å². The highest BCUT2D eigenvalue weighted by atomic mass is 32.2. The van der Waals surface area contributed by atoms with Gasteiger partial charge in [0.25, 0.3) is 10.1 Å². The molecule has 1 unspecified atom stereocenters. The molecule has 3 aromatic rings. The Kier molecular flexibility index (Phi) is 4.92. The summed E-state index contributed by atoms with van der Waals surface area (Å²) in [4.78, 5) is 0.114. The molecule has 1 aliphatic heterocycles. The zero-order valence-corrected chi connectivity index (χ0v) is 17.2. The van der Waals surface area contributed by atoms with E-state index in [-0.39, 0.29) is 10.7 Å². The Balaban J connectivity index is 1.80. The number of hydrogen-bond donors (Lipinski definition) is 0. The molecule has 0 bridgehead atoms. The summed E-state index contributed by atoms with van der Waals surface area (Å²) in [6, 6.07) is 15.4. The van der Waals surface area contributed by atoms with Gasteiger partial charge in [0.05, 0.1) is 7.11 Å². The summed E-state index contributed by atoms with van der Waals surface area (Å²) in [5, 5.41) is 0. The fourth-order valence-electron chi connectivity index (χ4n) is 3.78. The first-order valence-corrected chi connectivity index (χ1v) is 10.7. The number of hydrogen-bond acceptors (Lipinski definition) is 4. The summed E-state index contributed by atoms with van der Waals surface area (Å²) in [7, 11) is -2.72. The van der Waals surface area contributed by atoms with E-state index in [1.54, 1.807) is 24.3 Å². The molecule has 0 spiro atoms. The molecule has 1 aliphatic rings. The largest absolute Gasteiger partial charge is 0.484 e. The monoisotopic (exact) mass is 412 g/mol. The van der Waals surface area contributed by atoms with Gasteiger partial charge in [-0.25, -0.2) is 4.39 Å². The number of fused-ring (bicyclic) bond motifs is 1. The van der Waals surface area contributed by atoms with Crippen LogP contribution in [0.2, 0.25) is 0 Å². The Morgan fingerprint density at radius 2 is 1.72 bits per heavy atom. The minimum atomic E-state index is -3.87. The van der Waals surface area contributed by atoms with Crippen LogP contribution in [0.4, 0.5) is 4.39 Å². The molecule has 3 aromatic carbocycles. The van der Waals surface area contributed by atoms with Crippen molar-refractivity contribution in [3.05, 3.63) is 82.7 Å². The second kappa shape index (κ2) is 7.28. The highest BCUT2D eigenvalue weighted by Crippen LogP contribution is 2.45. The van der Waals surface area contributed by atoms with Crippen molar-refractivity contribution in [2.24, 2.45) is 0 Å². The van der Waals surface area contributed by atoms with E-state index in [9.17, 15) is 12.8 Å². The quantitative estimate of drug-likeness (QED) is 0.558. The summed E-state index contributed by atoms with van der Waals surface area (Å²) in [5.74, 6) is 0.403. The SMILES string of the molecule is COS(=O)(=O)c1ccc(C)cc1C1Cc2cc(C)cc(-c3ccc(F)cc3)c2O1. The fourth-order valence-corrected chi connectivity index (χ4v) is 4.67. The van der Waals surface area contributed by atoms with Crippen LogP contribution in [0.5, 0.6) is 5.75 Å². The van der Waals surface area contributed by atoms with Crippen LogP contribution in [-0.4, -0.2) is 15.5 Å². The molecule has 0 radical (unpaired) electrons.